The number of hydrogen-bond acceptors (Lipinski definition) is 4. The molecule has 0 unspecified atom stereocenters. The van der Waals surface area contributed by atoms with Crippen molar-refractivity contribution in [2.24, 2.45) is 0 Å². The van der Waals surface area contributed by atoms with Crippen molar-refractivity contribution >= 4 is 5.95 Å². The zero-order valence-electron chi connectivity index (χ0n) is 5.70. The van der Waals surface area contributed by atoms with Gasteiger partial charge in [0.15, 0.2) is 0 Å². The zero-order valence-corrected chi connectivity index (χ0v) is 8.67. The standard InChI is InChI=1S/C5H7N3O.Zn/c1-3-2-4(9)8-5(6)7-3;/h2H,1H3,(H3,6,7,8,9);. The Bertz CT molecular complexity index is 178. The van der Waals surface area contributed by atoms with Crippen LogP contribution < -0.4 is 5.73 Å². The van der Waals surface area contributed by atoms with Crippen LogP contribution in [0.1, 0.15) is 5.69 Å². The maximum absolute atomic E-state index is 8.76. The summed E-state index contributed by atoms with van der Waals surface area (Å²) >= 11 is 0. The van der Waals surface area contributed by atoms with E-state index in [2.05, 4.69) is 9.97 Å². The second-order valence-corrected chi connectivity index (χ2v) is 1.73. The molecule has 10 heavy (non-hydrogen) atoms. The normalized spacial score (nSPS) is 8.50. The second kappa shape index (κ2) is 3.47. The Hall–Kier alpha value is -0.697. The van der Waals surface area contributed by atoms with Gasteiger partial charge in [0.05, 0.1) is 0 Å². The van der Waals surface area contributed by atoms with Crippen molar-refractivity contribution < 1.29 is 24.6 Å². The molecule has 0 radical (unpaired) electrons. The van der Waals surface area contributed by atoms with Crippen LogP contribution in [0, 0.1) is 6.92 Å². The van der Waals surface area contributed by atoms with Gasteiger partial charge in [-0.1, -0.05) is 0 Å². The Morgan fingerprint density at radius 2 is 2.10 bits per heavy atom. The van der Waals surface area contributed by atoms with Crippen molar-refractivity contribution in [2.75, 3.05) is 5.73 Å². The average Bonchev–Trinajstić information content (AvgIpc) is 1.59. The molecule has 0 aliphatic heterocycles. The monoisotopic (exact) mass is 189 g/mol. The fraction of sp³-hybridized carbons (Fsp3) is 0.200. The summed E-state index contributed by atoms with van der Waals surface area (Å²) in [7, 11) is 0. The molecule has 0 saturated carbocycles. The molecule has 0 fully saturated rings. The SMILES string of the molecule is Cc1cc(O)nc(N)n1.[Zn]. The smallest absolute Gasteiger partial charge is 0.223 e. The summed E-state index contributed by atoms with van der Waals surface area (Å²) < 4.78 is 0. The topological polar surface area (TPSA) is 72.0 Å². The molecule has 1 aromatic rings. The quantitative estimate of drug-likeness (QED) is 0.568. The van der Waals surface area contributed by atoms with Gasteiger partial charge in [0.2, 0.25) is 11.8 Å². The molecule has 50 valence electrons. The van der Waals surface area contributed by atoms with Gasteiger partial charge in [-0.15, -0.1) is 0 Å². The molecule has 0 spiro atoms. The number of nitrogens with two attached hydrogens (primary N) is 1. The van der Waals surface area contributed by atoms with Crippen molar-refractivity contribution in [1.29, 1.82) is 0 Å². The van der Waals surface area contributed by atoms with E-state index in [9.17, 15) is 0 Å². The number of rotatable bonds is 0. The van der Waals surface area contributed by atoms with Crippen LogP contribution in [-0.4, -0.2) is 15.1 Å². The van der Waals surface area contributed by atoms with Gasteiger partial charge < -0.3 is 10.8 Å². The van der Waals surface area contributed by atoms with Crippen LogP contribution in [0.4, 0.5) is 5.95 Å². The molecular weight excluding hydrogens is 183 g/mol. The molecule has 0 aliphatic rings. The number of aromatic hydroxyl groups is 1. The van der Waals surface area contributed by atoms with E-state index in [1.807, 2.05) is 0 Å². The average molecular weight is 191 g/mol. The molecule has 0 atom stereocenters. The van der Waals surface area contributed by atoms with Crippen LogP contribution >= 0.6 is 0 Å². The summed E-state index contributed by atoms with van der Waals surface area (Å²) in [6, 6.07) is 1.44. The van der Waals surface area contributed by atoms with E-state index in [0.717, 1.165) is 0 Å². The molecule has 1 aromatic heterocycles. The van der Waals surface area contributed by atoms with Crippen LogP contribution in [0.5, 0.6) is 5.88 Å². The van der Waals surface area contributed by atoms with Crippen LogP contribution in [0.25, 0.3) is 0 Å². The predicted molar refractivity (Wildman–Crippen MR) is 32.8 cm³/mol. The third-order valence-electron chi connectivity index (χ3n) is 0.858. The molecule has 1 heterocycles. The number of aromatic nitrogens is 2. The van der Waals surface area contributed by atoms with Crippen LogP contribution in [0.3, 0.4) is 0 Å². The first-order valence-electron chi connectivity index (χ1n) is 2.48. The summed E-state index contributed by atoms with van der Waals surface area (Å²) in [6.07, 6.45) is 0. The molecule has 0 amide bonds. The van der Waals surface area contributed by atoms with E-state index in [-0.39, 0.29) is 31.3 Å². The first-order chi connectivity index (χ1) is 4.18. The second-order valence-electron chi connectivity index (χ2n) is 1.73. The number of hydrogen-bond donors (Lipinski definition) is 2. The number of nitrogens with zero attached hydrogens (tertiary/aromatic N) is 2. The maximum Gasteiger partial charge on any atom is 0.223 e. The van der Waals surface area contributed by atoms with Gasteiger partial charge >= 0.3 is 0 Å². The van der Waals surface area contributed by atoms with E-state index < -0.39 is 0 Å². The van der Waals surface area contributed by atoms with Gasteiger partial charge in [0.1, 0.15) is 0 Å². The van der Waals surface area contributed by atoms with Crippen molar-refractivity contribution in [3.63, 3.8) is 0 Å². The number of aryl methyl sites for hydroxylation is 1. The molecule has 1 rings (SSSR count). The summed E-state index contributed by atoms with van der Waals surface area (Å²) in [4.78, 5) is 7.20. The molecule has 4 nitrogen and oxygen atoms in total. The minimum atomic E-state index is -0.0833. The van der Waals surface area contributed by atoms with Crippen molar-refractivity contribution in [3.05, 3.63) is 11.8 Å². The van der Waals surface area contributed by atoms with E-state index in [0.29, 0.717) is 5.69 Å². The Kier molecular flexibility index (Phi) is 3.22. The Morgan fingerprint density at radius 3 is 2.50 bits per heavy atom. The third-order valence-corrected chi connectivity index (χ3v) is 0.858. The Labute approximate surface area is 71.3 Å². The summed E-state index contributed by atoms with van der Waals surface area (Å²) in [5, 5.41) is 8.76. The van der Waals surface area contributed by atoms with Crippen molar-refractivity contribution in [1.82, 2.24) is 9.97 Å². The number of anilines is 1. The zero-order chi connectivity index (χ0) is 6.85. The van der Waals surface area contributed by atoms with E-state index in [1.165, 1.54) is 6.07 Å². The molecular formula is C5H7N3OZn. The van der Waals surface area contributed by atoms with Gasteiger partial charge in [-0.05, 0) is 6.92 Å². The minimum absolute atomic E-state index is 0. The van der Waals surface area contributed by atoms with Crippen molar-refractivity contribution in [3.8, 4) is 5.88 Å². The molecule has 0 bridgehead atoms. The predicted octanol–water partition coefficient (Wildman–Crippen LogP) is 0.0703. The van der Waals surface area contributed by atoms with Crippen LogP contribution in [-0.2, 0) is 19.5 Å². The Balaban J connectivity index is 0.000000810. The van der Waals surface area contributed by atoms with Crippen molar-refractivity contribution in [2.45, 2.75) is 6.92 Å². The molecule has 0 aliphatic carbocycles. The van der Waals surface area contributed by atoms with E-state index in [1.54, 1.807) is 6.92 Å². The van der Waals surface area contributed by atoms with Gasteiger partial charge in [-0.3, -0.25) is 0 Å². The molecule has 0 aromatic carbocycles. The molecule has 5 heteroatoms. The first-order valence-corrected chi connectivity index (χ1v) is 2.48. The summed E-state index contributed by atoms with van der Waals surface area (Å²) in [5.41, 5.74) is 5.84. The summed E-state index contributed by atoms with van der Waals surface area (Å²) in [5.74, 6) is 0.0208. The summed E-state index contributed by atoms with van der Waals surface area (Å²) in [6.45, 7) is 1.73. The largest absolute Gasteiger partial charge is 0.493 e. The van der Waals surface area contributed by atoms with Gasteiger partial charge in [0.25, 0.3) is 0 Å². The van der Waals surface area contributed by atoms with Crippen LogP contribution in [0.2, 0.25) is 0 Å². The van der Waals surface area contributed by atoms with E-state index >= 15 is 0 Å². The first kappa shape index (κ1) is 9.30. The maximum atomic E-state index is 8.76. The fourth-order valence-electron chi connectivity index (χ4n) is 0.574. The van der Waals surface area contributed by atoms with Gasteiger partial charge in [-0.2, -0.15) is 4.98 Å². The van der Waals surface area contributed by atoms with E-state index in [4.69, 9.17) is 10.8 Å². The van der Waals surface area contributed by atoms with Gasteiger partial charge in [0, 0.05) is 31.2 Å². The fourth-order valence-corrected chi connectivity index (χ4v) is 0.574. The minimum Gasteiger partial charge on any atom is -0.493 e. The van der Waals surface area contributed by atoms with Gasteiger partial charge in [-0.25, -0.2) is 4.98 Å². The molecule has 0 saturated heterocycles. The molecule has 3 N–H and O–H groups in total. The third kappa shape index (κ3) is 2.27. The van der Waals surface area contributed by atoms with Crippen LogP contribution in [0.15, 0.2) is 6.07 Å². The Morgan fingerprint density at radius 1 is 1.50 bits per heavy atom. The number of nitrogen functional groups attached to an aromatic ring is 1.